The van der Waals surface area contributed by atoms with Gasteiger partial charge in [0.2, 0.25) is 0 Å². The minimum Gasteiger partial charge on any atom is -0.362 e. The zero-order valence-corrected chi connectivity index (χ0v) is 9.98. The molecule has 0 aliphatic rings. The first kappa shape index (κ1) is 13.2. The first-order valence-corrected chi connectivity index (χ1v) is 7.69. The Morgan fingerprint density at radius 1 is 1.23 bits per heavy atom. The van der Waals surface area contributed by atoms with Crippen LogP contribution < -0.4 is 5.73 Å². The van der Waals surface area contributed by atoms with E-state index in [1.165, 1.54) is 12.8 Å². The summed E-state index contributed by atoms with van der Waals surface area (Å²) in [4.78, 5) is 0. The molecule has 2 nitrogen and oxygen atoms in total. The standard InChI is InChI=1S/C10H24NOP/c1-4-13(2,3)12-10-8-6-5-7-9-11/h2,4-11H2,1,3H3. The molecule has 0 rings (SSSR count). The van der Waals surface area contributed by atoms with Gasteiger partial charge in [0.15, 0.2) is 0 Å². The smallest absolute Gasteiger partial charge is 0.0507 e. The lowest BCUT2D eigenvalue weighted by atomic mass is 10.2. The predicted octanol–water partition coefficient (Wildman–Crippen LogP) is 2.54. The van der Waals surface area contributed by atoms with Crippen LogP contribution in [0.1, 0.15) is 32.6 Å². The molecule has 3 heteroatoms. The van der Waals surface area contributed by atoms with E-state index in [9.17, 15) is 0 Å². The van der Waals surface area contributed by atoms with E-state index < -0.39 is 7.11 Å². The average Bonchev–Trinajstić information content (AvgIpc) is 2.11. The minimum absolute atomic E-state index is 0.815. The second-order valence-electron chi connectivity index (χ2n) is 3.65. The van der Waals surface area contributed by atoms with Gasteiger partial charge in [-0.05, 0) is 39.3 Å². The molecule has 0 radical (unpaired) electrons. The Labute approximate surface area is 82.9 Å². The number of unbranched alkanes of at least 4 members (excludes halogenated alkanes) is 3. The highest BCUT2D eigenvalue weighted by Gasteiger charge is 2.02. The quantitative estimate of drug-likeness (QED) is 0.488. The Morgan fingerprint density at radius 3 is 2.38 bits per heavy atom. The van der Waals surface area contributed by atoms with Crippen molar-refractivity contribution in [3.63, 3.8) is 0 Å². The molecule has 0 heterocycles. The van der Waals surface area contributed by atoms with Crippen molar-refractivity contribution in [3.05, 3.63) is 0 Å². The monoisotopic (exact) mass is 205 g/mol. The summed E-state index contributed by atoms with van der Waals surface area (Å²) in [6.45, 7) is 5.99. The van der Waals surface area contributed by atoms with Crippen molar-refractivity contribution in [3.8, 4) is 0 Å². The summed E-state index contributed by atoms with van der Waals surface area (Å²) in [7, 11) is -1.25. The molecule has 0 saturated heterocycles. The van der Waals surface area contributed by atoms with Crippen LogP contribution in [0.25, 0.3) is 0 Å². The van der Waals surface area contributed by atoms with Crippen LogP contribution in [0.3, 0.4) is 0 Å². The Bertz CT molecular complexity index is 159. The highest BCUT2D eigenvalue weighted by Crippen LogP contribution is 2.40. The van der Waals surface area contributed by atoms with Crippen LogP contribution in [0.4, 0.5) is 0 Å². The third kappa shape index (κ3) is 8.55. The molecule has 0 aromatic rings. The Morgan fingerprint density at radius 2 is 1.85 bits per heavy atom. The first-order chi connectivity index (χ1) is 6.12. The van der Waals surface area contributed by atoms with E-state index in [1.807, 2.05) is 0 Å². The van der Waals surface area contributed by atoms with Crippen molar-refractivity contribution in [2.24, 2.45) is 5.73 Å². The van der Waals surface area contributed by atoms with Crippen LogP contribution in [-0.2, 0) is 4.52 Å². The largest absolute Gasteiger partial charge is 0.362 e. The van der Waals surface area contributed by atoms with E-state index in [2.05, 4.69) is 19.9 Å². The van der Waals surface area contributed by atoms with Crippen LogP contribution in [0.2, 0.25) is 0 Å². The fourth-order valence-electron chi connectivity index (χ4n) is 0.976. The van der Waals surface area contributed by atoms with Crippen LogP contribution in [0, 0.1) is 0 Å². The van der Waals surface area contributed by atoms with Gasteiger partial charge >= 0.3 is 0 Å². The lowest BCUT2D eigenvalue weighted by Crippen LogP contribution is -1.99. The third-order valence-electron chi connectivity index (χ3n) is 2.17. The Kier molecular flexibility index (Phi) is 7.74. The average molecular weight is 205 g/mol. The minimum atomic E-state index is -1.25. The summed E-state index contributed by atoms with van der Waals surface area (Å²) in [5, 5.41) is 0. The summed E-state index contributed by atoms with van der Waals surface area (Å²) < 4.78 is 5.73. The summed E-state index contributed by atoms with van der Waals surface area (Å²) in [5.74, 6) is 0. The lowest BCUT2D eigenvalue weighted by molar-refractivity contribution is 0.336. The summed E-state index contributed by atoms with van der Waals surface area (Å²) in [6, 6.07) is 0. The van der Waals surface area contributed by atoms with Crippen LogP contribution in [0.15, 0.2) is 0 Å². The molecule has 0 saturated carbocycles. The topological polar surface area (TPSA) is 35.2 Å². The fraction of sp³-hybridized carbons (Fsp3) is 0.900. The molecular weight excluding hydrogens is 181 g/mol. The number of hydrogen-bond donors (Lipinski definition) is 1. The van der Waals surface area contributed by atoms with E-state index in [1.54, 1.807) is 0 Å². The Hall–Kier alpha value is 0.220. The van der Waals surface area contributed by atoms with E-state index >= 15 is 0 Å². The summed E-state index contributed by atoms with van der Waals surface area (Å²) in [6.07, 6.45) is 9.94. The normalized spacial score (nSPS) is 15.6. The molecular formula is C10H24NOP. The van der Waals surface area contributed by atoms with Crippen molar-refractivity contribution in [1.82, 2.24) is 0 Å². The summed E-state index contributed by atoms with van der Waals surface area (Å²) in [5.41, 5.74) is 5.40. The molecule has 2 N–H and O–H groups in total. The van der Waals surface area contributed by atoms with Crippen molar-refractivity contribution in [2.45, 2.75) is 32.6 Å². The van der Waals surface area contributed by atoms with Gasteiger partial charge in [0, 0.05) is 0 Å². The van der Waals surface area contributed by atoms with E-state index in [0.717, 1.165) is 32.2 Å². The van der Waals surface area contributed by atoms with Gasteiger partial charge in [-0.1, -0.05) is 26.1 Å². The van der Waals surface area contributed by atoms with Crippen molar-refractivity contribution in [2.75, 3.05) is 26.0 Å². The van der Waals surface area contributed by atoms with Crippen molar-refractivity contribution in [1.29, 1.82) is 0 Å². The molecule has 1 atom stereocenters. The van der Waals surface area contributed by atoms with Gasteiger partial charge in [-0.3, -0.25) is 0 Å². The third-order valence-corrected chi connectivity index (χ3v) is 4.31. The molecule has 80 valence electrons. The van der Waals surface area contributed by atoms with Gasteiger partial charge < -0.3 is 10.3 Å². The van der Waals surface area contributed by atoms with Crippen LogP contribution in [-0.4, -0.2) is 32.3 Å². The highest BCUT2D eigenvalue weighted by molar-refractivity contribution is 7.68. The lowest BCUT2D eigenvalue weighted by Gasteiger charge is -2.17. The van der Waals surface area contributed by atoms with Crippen molar-refractivity contribution < 1.29 is 4.52 Å². The molecule has 13 heavy (non-hydrogen) atoms. The zero-order valence-electron chi connectivity index (χ0n) is 9.09. The molecule has 0 aromatic heterocycles. The van der Waals surface area contributed by atoms with Crippen molar-refractivity contribution >= 4 is 13.4 Å². The van der Waals surface area contributed by atoms with Gasteiger partial charge in [-0.2, -0.15) is 0 Å². The SMILES string of the molecule is C=P(C)(CC)OCCCCCCN. The molecule has 0 aromatic carbocycles. The van der Waals surface area contributed by atoms with Gasteiger partial charge in [-0.25, -0.2) is 0 Å². The molecule has 0 aliphatic carbocycles. The van der Waals surface area contributed by atoms with Crippen LogP contribution in [0.5, 0.6) is 0 Å². The molecule has 0 fully saturated rings. The van der Waals surface area contributed by atoms with E-state index in [-0.39, 0.29) is 0 Å². The molecule has 0 amide bonds. The van der Waals surface area contributed by atoms with E-state index in [4.69, 9.17) is 10.3 Å². The fourth-order valence-corrected chi connectivity index (χ4v) is 1.73. The second kappa shape index (κ2) is 7.61. The van der Waals surface area contributed by atoms with Crippen LogP contribution >= 0.6 is 7.11 Å². The van der Waals surface area contributed by atoms with Gasteiger partial charge in [0.1, 0.15) is 0 Å². The Balaban J connectivity index is 3.21. The molecule has 0 spiro atoms. The maximum Gasteiger partial charge on any atom is 0.0507 e. The highest BCUT2D eigenvalue weighted by atomic mass is 31.2. The van der Waals surface area contributed by atoms with Gasteiger partial charge in [-0.15, -0.1) is 0 Å². The maximum atomic E-state index is 5.73. The van der Waals surface area contributed by atoms with E-state index in [0.29, 0.717) is 0 Å². The first-order valence-electron chi connectivity index (χ1n) is 5.17. The number of nitrogens with two attached hydrogens (primary N) is 1. The molecule has 0 aliphatic heterocycles. The number of rotatable bonds is 8. The zero-order chi connectivity index (χ0) is 10.2. The molecule has 1 unspecified atom stereocenters. The second-order valence-corrected chi connectivity index (χ2v) is 7.13. The maximum absolute atomic E-state index is 5.73. The van der Waals surface area contributed by atoms with Gasteiger partial charge in [0.05, 0.1) is 6.61 Å². The number of hydrogen-bond acceptors (Lipinski definition) is 2. The summed E-state index contributed by atoms with van der Waals surface area (Å²) >= 11 is 0. The van der Waals surface area contributed by atoms with Gasteiger partial charge in [0.25, 0.3) is 0 Å². The molecule has 0 bridgehead atoms. The predicted molar refractivity (Wildman–Crippen MR) is 64.0 cm³/mol.